The van der Waals surface area contributed by atoms with Gasteiger partial charge in [0, 0.05) is 6.42 Å². The highest BCUT2D eigenvalue weighted by atomic mass is 16.4. The summed E-state index contributed by atoms with van der Waals surface area (Å²) in [5, 5.41) is 27.7. The van der Waals surface area contributed by atoms with E-state index in [4.69, 9.17) is 5.11 Å². The maximum absolute atomic E-state index is 12.3. The second-order valence-electron chi connectivity index (χ2n) is 8.34. The summed E-state index contributed by atoms with van der Waals surface area (Å²) >= 11 is 0. The van der Waals surface area contributed by atoms with Crippen molar-refractivity contribution in [2.45, 2.75) is 122 Å². The van der Waals surface area contributed by atoms with Crippen LogP contribution in [0.2, 0.25) is 0 Å². The van der Waals surface area contributed by atoms with E-state index in [0.717, 1.165) is 19.3 Å². The van der Waals surface area contributed by atoms with Crippen molar-refractivity contribution in [1.82, 2.24) is 0 Å². The molecule has 0 saturated carbocycles. The van der Waals surface area contributed by atoms with Gasteiger partial charge in [0.2, 0.25) is 11.6 Å². The minimum Gasteiger partial charge on any atom is -0.394 e. The number of rotatable bonds is 21. The van der Waals surface area contributed by atoms with Gasteiger partial charge in [0.25, 0.3) is 0 Å². The van der Waals surface area contributed by atoms with E-state index in [0.29, 0.717) is 6.42 Å². The number of aliphatic hydroxyl groups excluding tert-OH is 3. The summed E-state index contributed by atoms with van der Waals surface area (Å²) < 4.78 is 0. The molecule has 0 bridgehead atoms. The number of Topliss-reactive ketones (excluding diaryl/α,β-unsaturated/α-hetero) is 3. The lowest BCUT2D eigenvalue weighted by molar-refractivity contribution is -0.150. The van der Waals surface area contributed by atoms with Gasteiger partial charge in [0.05, 0.1) is 12.5 Å². The van der Waals surface area contributed by atoms with Crippen LogP contribution in [0.5, 0.6) is 0 Å². The summed E-state index contributed by atoms with van der Waals surface area (Å²) in [7, 11) is 0. The summed E-state index contributed by atoms with van der Waals surface area (Å²) in [5.74, 6) is -3.54. The number of carbonyl (C=O) groups is 3. The number of hydrogen-bond donors (Lipinski definition) is 3. The van der Waals surface area contributed by atoms with Gasteiger partial charge in [0.1, 0.15) is 18.0 Å². The molecule has 3 N–H and O–H groups in total. The Morgan fingerprint density at radius 2 is 1.10 bits per heavy atom. The Morgan fingerprint density at radius 3 is 1.50 bits per heavy atom. The van der Waals surface area contributed by atoms with E-state index in [9.17, 15) is 24.6 Å². The topological polar surface area (TPSA) is 112 Å². The van der Waals surface area contributed by atoms with Gasteiger partial charge in [0.15, 0.2) is 0 Å². The van der Waals surface area contributed by atoms with Crippen LogP contribution in [0.1, 0.15) is 110 Å². The highest BCUT2D eigenvalue weighted by Crippen LogP contribution is 2.16. The Morgan fingerprint density at radius 1 is 0.667 bits per heavy atom. The molecule has 0 fully saturated rings. The zero-order valence-corrected chi connectivity index (χ0v) is 19.1. The quantitative estimate of drug-likeness (QED) is 0.145. The van der Waals surface area contributed by atoms with E-state index in [1.165, 1.54) is 57.8 Å². The van der Waals surface area contributed by atoms with Crippen molar-refractivity contribution in [3.63, 3.8) is 0 Å². The molecule has 0 amide bonds. The van der Waals surface area contributed by atoms with Crippen LogP contribution in [0.15, 0.2) is 0 Å². The molecular formula is C24H44O6. The fraction of sp³-hybridized carbons (Fsp3) is 0.875. The summed E-state index contributed by atoms with van der Waals surface area (Å²) in [6.07, 6.45) is 12.4. The molecule has 0 spiro atoms. The van der Waals surface area contributed by atoms with Crippen molar-refractivity contribution in [2.24, 2.45) is 5.92 Å². The predicted octanol–water partition coefficient (Wildman–Crippen LogP) is 3.92. The average molecular weight is 429 g/mol. The van der Waals surface area contributed by atoms with Crippen LogP contribution < -0.4 is 0 Å². The first-order chi connectivity index (χ1) is 14.4. The Hall–Kier alpha value is -1.11. The lowest BCUT2D eigenvalue weighted by atomic mass is 9.88. The molecule has 0 aromatic heterocycles. The second-order valence-corrected chi connectivity index (χ2v) is 8.34. The molecule has 176 valence electrons. The minimum atomic E-state index is -1.99. The van der Waals surface area contributed by atoms with E-state index in [1.54, 1.807) is 6.92 Å². The molecule has 0 aliphatic rings. The first-order valence-electron chi connectivity index (χ1n) is 12.0. The molecule has 6 nitrogen and oxygen atoms in total. The fourth-order valence-corrected chi connectivity index (χ4v) is 3.64. The maximum atomic E-state index is 12.3. The first kappa shape index (κ1) is 28.9. The van der Waals surface area contributed by atoms with Crippen LogP contribution >= 0.6 is 0 Å². The lowest BCUT2D eigenvalue weighted by Crippen LogP contribution is -2.43. The van der Waals surface area contributed by atoms with Gasteiger partial charge in [-0.3, -0.25) is 14.4 Å². The highest BCUT2D eigenvalue weighted by Gasteiger charge is 2.35. The Bertz CT molecular complexity index is 476. The zero-order valence-electron chi connectivity index (χ0n) is 19.1. The normalized spacial score (nSPS) is 14.3. The minimum absolute atomic E-state index is 0.184. The summed E-state index contributed by atoms with van der Waals surface area (Å²) in [4.78, 5) is 36.4. The SMILES string of the molecule is CCCCCCCCCCCCCCCC(=O)C(CC)C(=O)C(=O)C(O)C(O)CO. The molecule has 0 aliphatic carbocycles. The first-order valence-corrected chi connectivity index (χ1v) is 12.0. The van der Waals surface area contributed by atoms with Gasteiger partial charge >= 0.3 is 0 Å². The van der Waals surface area contributed by atoms with E-state index < -0.39 is 36.3 Å². The molecule has 0 radical (unpaired) electrons. The van der Waals surface area contributed by atoms with Crippen molar-refractivity contribution < 1.29 is 29.7 Å². The van der Waals surface area contributed by atoms with E-state index in [1.807, 2.05) is 0 Å². The monoisotopic (exact) mass is 428 g/mol. The van der Waals surface area contributed by atoms with Gasteiger partial charge in [-0.2, -0.15) is 0 Å². The Labute approximate surface area is 182 Å². The van der Waals surface area contributed by atoms with Crippen LogP contribution in [0.4, 0.5) is 0 Å². The number of ketones is 3. The molecule has 0 aliphatic heterocycles. The van der Waals surface area contributed by atoms with Gasteiger partial charge < -0.3 is 15.3 Å². The highest BCUT2D eigenvalue weighted by molar-refractivity contribution is 6.42. The third kappa shape index (κ3) is 12.6. The van der Waals surface area contributed by atoms with Crippen molar-refractivity contribution in [3.8, 4) is 0 Å². The average Bonchev–Trinajstić information content (AvgIpc) is 2.75. The van der Waals surface area contributed by atoms with Crippen LogP contribution in [0.3, 0.4) is 0 Å². The molecule has 3 atom stereocenters. The molecule has 0 aromatic carbocycles. The Balaban J connectivity index is 3.90. The zero-order chi connectivity index (χ0) is 22.8. The van der Waals surface area contributed by atoms with Crippen molar-refractivity contribution in [2.75, 3.05) is 6.61 Å². The largest absolute Gasteiger partial charge is 0.394 e. The number of hydrogen-bond acceptors (Lipinski definition) is 6. The number of carbonyl (C=O) groups excluding carboxylic acids is 3. The fourth-order valence-electron chi connectivity index (χ4n) is 3.64. The third-order valence-electron chi connectivity index (χ3n) is 5.70. The van der Waals surface area contributed by atoms with E-state index in [2.05, 4.69) is 6.92 Å². The lowest BCUT2D eigenvalue weighted by Gasteiger charge is -2.17. The molecule has 3 unspecified atom stereocenters. The van der Waals surface area contributed by atoms with E-state index >= 15 is 0 Å². The predicted molar refractivity (Wildman–Crippen MR) is 118 cm³/mol. The molecular weight excluding hydrogens is 384 g/mol. The molecule has 0 saturated heterocycles. The van der Waals surface area contributed by atoms with Gasteiger partial charge in [-0.15, -0.1) is 0 Å². The van der Waals surface area contributed by atoms with Gasteiger partial charge in [-0.1, -0.05) is 90.9 Å². The van der Waals surface area contributed by atoms with Crippen LogP contribution in [-0.2, 0) is 14.4 Å². The summed E-state index contributed by atoms with van der Waals surface area (Å²) in [6.45, 7) is 3.05. The summed E-state index contributed by atoms with van der Waals surface area (Å²) in [5.41, 5.74) is 0. The molecule has 0 rings (SSSR count). The molecule has 0 heterocycles. The van der Waals surface area contributed by atoms with Gasteiger partial charge in [-0.25, -0.2) is 0 Å². The summed E-state index contributed by atoms with van der Waals surface area (Å²) in [6, 6.07) is 0. The maximum Gasteiger partial charge on any atom is 0.230 e. The number of unbranched alkanes of at least 4 members (excludes halogenated alkanes) is 12. The van der Waals surface area contributed by atoms with Crippen molar-refractivity contribution in [3.05, 3.63) is 0 Å². The van der Waals surface area contributed by atoms with Crippen LogP contribution in [0, 0.1) is 5.92 Å². The van der Waals surface area contributed by atoms with Crippen molar-refractivity contribution >= 4 is 17.3 Å². The van der Waals surface area contributed by atoms with Crippen molar-refractivity contribution in [1.29, 1.82) is 0 Å². The van der Waals surface area contributed by atoms with E-state index in [-0.39, 0.29) is 18.6 Å². The third-order valence-corrected chi connectivity index (χ3v) is 5.70. The number of aliphatic hydroxyl groups is 3. The molecule has 0 aromatic rings. The molecule has 6 heteroatoms. The smallest absolute Gasteiger partial charge is 0.230 e. The standard InChI is InChI=1S/C24H44O6/c1-3-5-6-7-8-9-10-11-12-13-14-15-16-17-20(26)19(4-2)22(28)24(30)23(29)21(27)18-25/h19,21,23,25,27,29H,3-18H2,1-2H3. The van der Waals surface area contributed by atoms with Crippen LogP contribution in [0.25, 0.3) is 0 Å². The molecule has 30 heavy (non-hydrogen) atoms. The van der Waals surface area contributed by atoms with Gasteiger partial charge in [-0.05, 0) is 12.8 Å². The van der Waals surface area contributed by atoms with Crippen LogP contribution in [-0.4, -0.2) is 51.5 Å². The second kappa shape index (κ2) is 18.6. The Kier molecular flexibility index (Phi) is 18.0.